The first-order valence-corrected chi connectivity index (χ1v) is 4.19. The Bertz CT molecular complexity index is 175. The number of allylic oxidation sites excluding steroid dienone is 1. The van der Waals surface area contributed by atoms with Gasteiger partial charge in [0.05, 0.1) is 0 Å². The van der Waals surface area contributed by atoms with Gasteiger partial charge in [0.25, 0.3) is 0 Å². The Balaban J connectivity index is 3.16. The molecule has 0 heterocycles. The van der Waals surface area contributed by atoms with Crippen LogP contribution in [0.1, 0.15) is 32.1 Å². The number of nitrogens with two attached hydrogens (primary N) is 2. The number of hydrogen-bond acceptors (Lipinski definition) is 1. The summed E-state index contributed by atoms with van der Waals surface area (Å²) in [4.78, 5) is 10.7. The van der Waals surface area contributed by atoms with Gasteiger partial charge in [0, 0.05) is 12.8 Å². The molecule has 0 aromatic carbocycles. The van der Waals surface area contributed by atoms with E-state index in [9.17, 15) is 4.79 Å². The number of hydrogen-bond donors (Lipinski definition) is 2. The number of amidine groups is 1. The lowest BCUT2D eigenvalue weighted by atomic mass is 10.1. The van der Waals surface area contributed by atoms with E-state index in [4.69, 9.17) is 11.1 Å². The van der Waals surface area contributed by atoms with Crippen LogP contribution in [0.3, 0.4) is 0 Å². The molecular weight excluding hydrogens is 152 g/mol. The molecule has 12 heavy (non-hydrogen) atoms. The van der Waals surface area contributed by atoms with E-state index in [0.29, 0.717) is 12.3 Å². The summed E-state index contributed by atoms with van der Waals surface area (Å²) < 4.78 is 0. The molecule has 0 aromatic heterocycles. The van der Waals surface area contributed by atoms with Crippen LogP contribution in [-0.4, -0.2) is 11.6 Å². The summed E-state index contributed by atoms with van der Waals surface area (Å²) in [6.45, 7) is 3.39. The third-order valence-corrected chi connectivity index (χ3v) is 1.62. The van der Waals surface area contributed by atoms with Gasteiger partial charge in [-0.05, 0) is 18.9 Å². The van der Waals surface area contributed by atoms with E-state index in [2.05, 4.69) is 6.58 Å². The number of carbonyl (C=O) groups is 1. The Hall–Kier alpha value is -1.12. The molecule has 4 N–H and O–H groups in total. The molecule has 0 aliphatic carbocycles. The quantitative estimate of drug-likeness (QED) is 0.240. The Morgan fingerprint density at radius 1 is 1.33 bits per heavy atom. The highest BCUT2D eigenvalue weighted by atomic mass is 16.1. The predicted octanol–water partition coefficient (Wildman–Crippen LogP) is -0.192. The average molecular weight is 169 g/mol. The first kappa shape index (κ1) is 10.9. The zero-order valence-electron chi connectivity index (χ0n) is 7.38. The van der Waals surface area contributed by atoms with Crippen LogP contribution in [0.2, 0.25) is 0 Å². The third kappa shape index (κ3) is 6.99. The van der Waals surface area contributed by atoms with Gasteiger partial charge in [-0.2, -0.15) is 0 Å². The molecule has 0 amide bonds. The average Bonchev–Trinajstić information content (AvgIpc) is 2.03. The topological polar surface area (TPSA) is 68.7 Å². The highest BCUT2D eigenvalue weighted by Gasteiger charge is 1.97. The smallest absolute Gasteiger partial charge is 0.238 e. The maximum Gasteiger partial charge on any atom is 0.238 e. The van der Waals surface area contributed by atoms with E-state index >= 15 is 0 Å². The normalized spacial score (nSPS) is 9.33. The van der Waals surface area contributed by atoms with E-state index in [1.807, 2.05) is 0 Å². The van der Waals surface area contributed by atoms with Crippen molar-refractivity contribution >= 4 is 11.6 Å². The van der Waals surface area contributed by atoms with E-state index < -0.39 is 0 Å². The van der Waals surface area contributed by atoms with Crippen molar-refractivity contribution in [2.45, 2.75) is 32.1 Å². The molecule has 0 bridgehead atoms. The van der Waals surface area contributed by atoms with Crippen molar-refractivity contribution in [2.75, 3.05) is 0 Å². The minimum atomic E-state index is 0.111. The van der Waals surface area contributed by atoms with Crippen LogP contribution in [0.4, 0.5) is 0 Å². The number of ketones is 1. The molecule has 0 saturated carbocycles. The Morgan fingerprint density at radius 2 is 1.92 bits per heavy atom. The first-order valence-electron chi connectivity index (χ1n) is 4.19. The van der Waals surface area contributed by atoms with Crippen molar-refractivity contribution in [3.8, 4) is 0 Å². The monoisotopic (exact) mass is 169 g/mol. The molecule has 0 aliphatic heterocycles. The lowest BCUT2D eigenvalue weighted by Crippen LogP contribution is -2.45. The van der Waals surface area contributed by atoms with Crippen LogP contribution in [0, 0.1) is 0 Å². The first-order chi connectivity index (χ1) is 5.66. The minimum absolute atomic E-state index is 0.111. The molecule has 3 heteroatoms. The van der Waals surface area contributed by atoms with Crippen LogP contribution in [-0.2, 0) is 4.79 Å². The maximum absolute atomic E-state index is 10.7. The molecule has 0 radical (unpaired) electrons. The molecule has 0 aromatic rings. The molecule has 0 spiro atoms. The molecule has 0 fully saturated rings. The van der Waals surface area contributed by atoms with E-state index in [1.165, 1.54) is 6.08 Å². The van der Waals surface area contributed by atoms with Gasteiger partial charge in [0.15, 0.2) is 5.78 Å². The van der Waals surface area contributed by atoms with Gasteiger partial charge in [-0.25, -0.2) is 0 Å². The van der Waals surface area contributed by atoms with Gasteiger partial charge < -0.3 is 0 Å². The maximum atomic E-state index is 10.7. The molecule has 0 atom stereocenters. The van der Waals surface area contributed by atoms with E-state index in [0.717, 1.165) is 25.7 Å². The van der Waals surface area contributed by atoms with Gasteiger partial charge in [-0.1, -0.05) is 13.0 Å². The molecule has 3 nitrogen and oxygen atoms in total. The van der Waals surface area contributed by atoms with Crippen LogP contribution >= 0.6 is 0 Å². The largest absolute Gasteiger partial charge is 0.295 e. The molecule has 0 aliphatic rings. The molecule has 0 unspecified atom stereocenters. The van der Waals surface area contributed by atoms with Crippen LogP contribution < -0.4 is 11.1 Å². The summed E-state index contributed by atoms with van der Waals surface area (Å²) in [7, 11) is 0. The Kier molecular flexibility index (Phi) is 5.97. The number of rotatable bonds is 7. The van der Waals surface area contributed by atoms with Crippen molar-refractivity contribution in [1.29, 1.82) is 0 Å². The van der Waals surface area contributed by atoms with Crippen LogP contribution in [0.25, 0.3) is 0 Å². The van der Waals surface area contributed by atoms with Gasteiger partial charge in [0.2, 0.25) is 5.84 Å². The summed E-state index contributed by atoms with van der Waals surface area (Å²) in [6, 6.07) is 0. The minimum Gasteiger partial charge on any atom is -0.295 e. The van der Waals surface area contributed by atoms with Gasteiger partial charge >= 0.3 is 0 Å². The molecular formula is C9H17N2O+. The highest BCUT2D eigenvalue weighted by Crippen LogP contribution is 2.02. The van der Waals surface area contributed by atoms with Crippen molar-refractivity contribution in [2.24, 2.45) is 5.73 Å². The zero-order valence-corrected chi connectivity index (χ0v) is 7.38. The molecule has 0 rings (SSSR count). The fourth-order valence-electron chi connectivity index (χ4n) is 0.907. The van der Waals surface area contributed by atoms with Crippen LogP contribution in [0.5, 0.6) is 0 Å². The van der Waals surface area contributed by atoms with Crippen molar-refractivity contribution in [3.63, 3.8) is 0 Å². The SMILES string of the molecule is C=CC(=O)CCCCCC(N)=[NH2+]. The molecule has 68 valence electrons. The summed E-state index contributed by atoms with van der Waals surface area (Å²) in [5, 5.41) is 5.27. The summed E-state index contributed by atoms with van der Waals surface area (Å²) in [5.74, 6) is 0.588. The van der Waals surface area contributed by atoms with E-state index in [-0.39, 0.29) is 5.78 Å². The standard InChI is InChI=1S/C9H16N2O/c1-2-8(12)6-4-3-5-7-9(10)11/h2H,1,3-7H2,(H3,10,11)/p+1. The lowest BCUT2D eigenvalue weighted by molar-refractivity contribution is -0.118. The summed E-state index contributed by atoms with van der Waals surface area (Å²) in [6.07, 6.45) is 5.57. The predicted molar refractivity (Wildman–Crippen MR) is 49.4 cm³/mol. The van der Waals surface area contributed by atoms with Gasteiger partial charge in [0.1, 0.15) is 0 Å². The van der Waals surface area contributed by atoms with Gasteiger partial charge in [-0.15, -0.1) is 0 Å². The van der Waals surface area contributed by atoms with Crippen LogP contribution in [0.15, 0.2) is 12.7 Å². The second kappa shape index (κ2) is 6.58. The highest BCUT2D eigenvalue weighted by molar-refractivity contribution is 5.88. The lowest BCUT2D eigenvalue weighted by Gasteiger charge is -1.95. The second-order valence-corrected chi connectivity index (χ2v) is 2.81. The molecule has 0 saturated heterocycles. The van der Waals surface area contributed by atoms with E-state index in [1.54, 1.807) is 0 Å². The van der Waals surface area contributed by atoms with Crippen molar-refractivity contribution in [3.05, 3.63) is 12.7 Å². The Labute approximate surface area is 73.2 Å². The van der Waals surface area contributed by atoms with Crippen molar-refractivity contribution < 1.29 is 10.2 Å². The number of unbranched alkanes of at least 4 members (excludes halogenated alkanes) is 2. The summed E-state index contributed by atoms with van der Waals surface area (Å²) >= 11 is 0. The second-order valence-electron chi connectivity index (χ2n) is 2.81. The summed E-state index contributed by atoms with van der Waals surface area (Å²) in [5.41, 5.74) is 5.27. The number of carbonyl (C=O) groups excluding carboxylic acids is 1. The Morgan fingerprint density at radius 3 is 2.42 bits per heavy atom. The third-order valence-electron chi connectivity index (χ3n) is 1.62. The fourth-order valence-corrected chi connectivity index (χ4v) is 0.907. The van der Waals surface area contributed by atoms with Gasteiger partial charge in [-0.3, -0.25) is 15.9 Å². The zero-order chi connectivity index (χ0) is 9.40. The van der Waals surface area contributed by atoms with Crippen molar-refractivity contribution in [1.82, 2.24) is 0 Å². The fraction of sp³-hybridized carbons (Fsp3) is 0.556.